The lowest BCUT2D eigenvalue weighted by molar-refractivity contribution is -0.128. The van der Waals surface area contributed by atoms with Crippen molar-refractivity contribution in [3.63, 3.8) is 0 Å². The van der Waals surface area contributed by atoms with Crippen LogP contribution in [0.1, 0.15) is 100.0 Å². The first-order valence-electron chi connectivity index (χ1n) is 40.1. The summed E-state index contributed by atoms with van der Waals surface area (Å²) in [5, 5.41) is -1.90. The summed E-state index contributed by atoms with van der Waals surface area (Å²) in [4.78, 5) is 127. The number of nitrogens with zero attached hydrogens (tertiary/aromatic N) is 18. The van der Waals surface area contributed by atoms with Gasteiger partial charge in [0, 0.05) is 96.6 Å². The van der Waals surface area contributed by atoms with Crippen LogP contribution in [-0.4, -0.2) is 169 Å². The molecule has 0 saturated carbocycles. The minimum absolute atomic E-state index is 0.0123. The number of rotatable bonds is 15. The number of hydrogen-bond acceptors (Lipinski definition) is 21. The second kappa shape index (κ2) is 37.0. The lowest BCUT2D eigenvalue weighted by Gasteiger charge is -2.40. The third kappa shape index (κ3) is 16.8. The number of aryl methyl sites for hydroxylation is 3. The van der Waals surface area contributed by atoms with E-state index in [2.05, 4.69) is 64.6 Å². The smallest absolute Gasteiger partial charge is 0.355 e. The van der Waals surface area contributed by atoms with E-state index < -0.39 is 154 Å². The zero-order chi connectivity index (χ0) is 94.8. The van der Waals surface area contributed by atoms with Crippen LogP contribution < -0.4 is 49.0 Å². The van der Waals surface area contributed by atoms with E-state index in [4.69, 9.17) is 40.4 Å². The zero-order valence-corrected chi connectivity index (χ0v) is 72.5. The summed E-state index contributed by atoms with van der Waals surface area (Å²) in [5.74, 6) is -23.1. The summed E-state index contributed by atoms with van der Waals surface area (Å²) in [6.45, 7) is 31.3. The highest BCUT2D eigenvalue weighted by atomic mass is 35.5. The van der Waals surface area contributed by atoms with Crippen LogP contribution >= 0.6 is 23.2 Å². The number of halogens is 15. The van der Waals surface area contributed by atoms with Gasteiger partial charge in [-0.15, -0.1) is 0 Å². The molecule has 6 N–H and O–H groups in total. The van der Waals surface area contributed by atoms with Gasteiger partial charge in [0.1, 0.15) is 45.2 Å². The molecule has 12 heterocycles. The van der Waals surface area contributed by atoms with Crippen LogP contribution in [0.3, 0.4) is 0 Å². The highest BCUT2D eigenvalue weighted by Gasteiger charge is 2.38. The molecule has 12 aromatic rings. The lowest BCUT2D eigenvalue weighted by atomic mass is 10.0. The van der Waals surface area contributed by atoms with Gasteiger partial charge in [0.2, 0.25) is 17.7 Å². The van der Waals surface area contributed by atoms with Crippen LogP contribution in [0.25, 0.3) is 83.9 Å². The summed E-state index contributed by atoms with van der Waals surface area (Å²) in [7, 11) is 0. The molecular weight excluding hydrogens is 1760 g/mol. The number of fused-ring (bicyclic) bond motifs is 3. The van der Waals surface area contributed by atoms with Crippen LogP contribution in [0.2, 0.25) is 10.0 Å². The second-order valence-corrected chi connectivity index (χ2v) is 32.2. The number of carbonyl (C=O) groups is 3. The van der Waals surface area contributed by atoms with E-state index >= 15 is 26.3 Å². The van der Waals surface area contributed by atoms with Crippen LogP contribution in [0.5, 0.6) is 0 Å². The fourth-order valence-corrected chi connectivity index (χ4v) is 16.2. The molecule has 0 unspecified atom stereocenters. The molecule has 0 aliphatic carbocycles. The number of piperazine rings is 3. The summed E-state index contributed by atoms with van der Waals surface area (Å²) in [6, 6.07) is 7.47. The van der Waals surface area contributed by atoms with Crippen molar-refractivity contribution in [1.29, 1.82) is 0 Å². The fourth-order valence-electron chi connectivity index (χ4n) is 15.8. The second-order valence-electron chi connectivity index (χ2n) is 31.5. The van der Waals surface area contributed by atoms with Gasteiger partial charge < -0.3 is 46.6 Å². The average Bonchev–Trinajstić information content (AvgIpc) is 0.737. The number of anilines is 6. The first-order chi connectivity index (χ1) is 61.5. The van der Waals surface area contributed by atoms with Crippen molar-refractivity contribution < 1.29 is 71.5 Å². The Bertz CT molecular complexity index is 6590. The molecule has 0 radical (unpaired) electrons. The Hall–Kier alpha value is -13.9. The van der Waals surface area contributed by atoms with E-state index in [1.54, 1.807) is 89.0 Å². The number of aromatic nitrogens is 12. The Morgan fingerprint density at radius 1 is 0.400 bits per heavy atom. The van der Waals surface area contributed by atoms with Gasteiger partial charge in [-0.05, 0) is 117 Å². The van der Waals surface area contributed by atoms with Gasteiger partial charge in [-0.1, -0.05) is 84.5 Å². The van der Waals surface area contributed by atoms with Crippen LogP contribution in [-0.2, 0) is 14.4 Å². The molecule has 42 heteroatoms. The van der Waals surface area contributed by atoms with Crippen molar-refractivity contribution in [1.82, 2.24) is 73.3 Å². The Kier molecular flexibility index (Phi) is 26.7. The lowest BCUT2D eigenvalue weighted by Crippen LogP contribution is -2.54. The standard InChI is InChI=1S/C30H28ClF4N7O2.C29H26ClF4N7O2.C29H26F5N7O2/c1-6-18(43)41-10-9-40(12-15(41)5)28-16-11-17(32)26(19-21(33)20(31)22(34)23(35)24(19)36)38-29(16)42(30(44)39-28)27-14(4)7-8-37-25(27)13(2)3;1-5-17(42)39-8-10-40(11-9-39)27-15-12-16(31)25(18-19(30)23(35)22(34)21(33)20(18)32)37-28(15)41(29(43)38-27)26-14(4)6-7-36-24(26)13(2)3;1-5-17(42)39-8-10-40(11-9-39)27-15-12-16(30)25(18-19(31)21(33)22(34)23(35)20(18)32)37-28(15)41(29(43)38-27)26-14(4)6-7-36-24(26)13(2)3/h6-8,11,13,15H,1,9-10,12,36H2,2-5H3;2*5-7,12-13H,1,8-11,35H2,2-4H3/t15-;;/m1../s1. The molecule has 0 spiro atoms. The quantitative estimate of drug-likeness (QED) is 0.0282. The van der Waals surface area contributed by atoms with Crippen molar-refractivity contribution in [2.45, 2.75) is 93.0 Å². The van der Waals surface area contributed by atoms with Gasteiger partial charge in [-0.25, -0.2) is 100 Å². The number of amides is 3. The maximum absolute atomic E-state index is 15.9. The SMILES string of the molecule is C=CC(=O)N1CCN(c2nc(=O)n(-c3c(C)ccnc3C(C)C)c3nc(-c4c(F)c(F)c(F)c(N)c4Cl)c(F)cc23)CC1.C=CC(=O)N1CCN(c2nc(=O)n(-c3c(C)ccnc3C(C)C)c3nc(-c4c(F)c(N)c(F)c(F)c4F)c(F)cc23)CC1.C=CC(=O)N1CCN(c2nc(=O)n(-c3c(C)ccnc3C(C)C)c3nc(-c4c(N)c(F)c(F)c(Cl)c4F)c(F)cc23)C[C@H]1C. The number of carbonyl (C=O) groups excluding carboxylic acids is 3. The molecule has 678 valence electrons. The number of nitrogen functional groups attached to an aromatic ring is 3. The van der Waals surface area contributed by atoms with Crippen LogP contribution in [0.4, 0.5) is 91.6 Å². The molecule has 3 aliphatic heterocycles. The van der Waals surface area contributed by atoms with Crippen LogP contribution in [0.15, 0.2) is 107 Å². The van der Waals surface area contributed by atoms with Gasteiger partial charge in [0.25, 0.3) is 0 Å². The predicted molar refractivity (Wildman–Crippen MR) is 466 cm³/mol. The molecule has 9 aromatic heterocycles. The highest BCUT2D eigenvalue weighted by molar-refractivity contribution is 6.36. The van der Waals surface area contributed by atoms with E-state index in [1.807, 2.05) is 41.5 Å². The highest BCUT2D eigenvalue weighted by Crippen LogP contribution is 2.45. The van der Waals surface area contributed by atoms with Crippen molar-refractivity contribution >= 4 is 109 Å². The van der Waals surface area contributed by atoms with E-state index in [1.165, 1.54) is 23.1 Å². The molecule has 3 aromatic carbocycles. The van der Waals surface area contributed by atoms with E-state index in [0.29, 0.717) is 45.1 Å². The first kappa shape index (κ1) is 93.7. The minimum atomic E-state index is -2.11. The van der Waals surface area contributed by atoms with Gasteiger partial charge in [0.05, 0.1) is 83.4 Å². The summed E-state index contributed by atoms with van der Waals surface area (Å²) < 4.78 is 197. The summed E-state index contributed by atoms with van der Waals surface area (Å²) in [5.41, 5.74) is 8.62. The Balaban J connectivity index is 0.000000166. The maximum Gasteiger partial charge on any atom is 0.355 e. The topological polar surface area (TPSA) is 331 Å². The Labute approximate surface area is 741 Å². The van der Waals surface area contributed by atoms with Crippen molar-refractivity contribution in [2.75, 3.05) is 104 Å². The molecule has 1 atom stereocenters. The van der Waals surface area contributed by atoms with Gasteiger partial charge in [-0.2, -0.15) is 15.0 Å². The molecular formula is C88H80Cl2F13N21O6. The van der Waals surface area contributed by atoms with Gasteiger partial charge in [0.15, 0.2) is 92.6 Å². The monoisotopic (exact) mass is 1840 g/mol. The molecule has 3 saturated heterocycles. The Morgan fingerprint density at radius 3 is 1.09 bits per heavy atom. The Morgan fingerprint density at radius 2 is 0.731 bits per heavy atom. The number of nitrogens with two attached hydrogens (primary N) is 3. The fraction of sp³-hybridized carbons (Fsp3) is 0.284. The van der Waals surface area contributed by atoms with Crippen molar-refractivity contribution in [2.24, 2.45) is 0 Å². The molecule has 3 amide bonds. The molecule has 27 nitrogen and oxygen atoms in total. The average molecular weight is 1850 g/mol. The first-order valence-corrected chi connectivity index (χ1v) is 40.9. The van der Waals surface area contributed by atoms with E-state index in [0.717, 1.165) is 31.9 Å². The minimum Gasteiger partial charge on any atom is -0.396 e. The normalized spacial score (nSPS) is 14.3. The van der Waals surface area contributed by atoms with Crippen molar-refractivity contribution in [3.8, 4) is 50.8 Å². The zero-order valence-electron chi connectivity index (χ0n) is 71.0. The molecule has 3 fully saturated rings. The number of benzene rings is 3. The largest absolute Gasteiger partial charge is 0.396 e. The van der Waals surface area contributed by atoms with E-state index in [-0.39, 0.29) is 170 Å². The van der Waals surface area contributed by atoms with Crippen LogP contribution in [0, 0.1) is 96.4 Å². The third-order valence-electron chi connectivity index (χ3n) is 22.3. The maximum atomic E-state index is 15.9. The summed E-state index contributed by atoms with van der Waals surface area (Å²) >= 11 is 11.8. The predicted octanol–water partition coefficient (Wildman–Crippen LogP) is 14.6. The summed E-state index contributed by atoms with van der Waals surface area (Å²) in [6.07, 6.45) is 8.28. The molecule has 15 rings (SSSR count). The third-order valence-corrected chi connectivity index (χ3v) is 23.0. The molecule has 3 aliphatic rings. The van der Waals surface area contributed by atoms with Gasteiger partial charge in [-0.3, -0.25) is 29.3 Å². The number of pyridine rings is 6. The van der Waals surface area contributed by atoms with E-state index in [9.17, 15) is 59.5 Å². The number of hydrogen-bond donors (Lipinski definition) is 3. The molecule has 130 heavy (non-hydrogen) atoms. The van der Waals surface area contributed by atoms with Gasteiger partial charge >= 0.3 is 17.1 Å². The van der Waals surface area contributed by atoms with Crippen molar-refractivity contribution in [3.05, 3.63) is 244 Å². The molecule has 0 bridgehead atoms.